The number of imide groups is 1. The second kappa shape index (κ2) is 6.33. The predicted molar refractivity (Wildman–Crippen MR) is 96.8 cm³/mol. The van der Waals surface area contributed by atoms with E-state index in [1.807, 2.05) is 24.3 Å². The lowest BCUT2D eigenvalue weighted by atomic mass is 9.84. The van der Waals surface area contributed by atoms with Gasteiger partial charge in [0.1, 0.15) is 12.1 Å². The summed E-state index contributed by atoms with van der Waals surface area (Å²) in [6.45, 7) is -0.0811. The van der Waals surface area contributed by atoms with Gasteiger partial charge in [0.25, 0.3) is 5.91 Å². The molecule has 3 aromatic rings. The van der Waals surface area contributed by atoms with Gasteiger partial charge in [0, 0.05) is 0 Å². The topological polar surface area (TPSA) is 101 Å². The summed E-state index contributed by atoms with van der Waals surface area (Å²) in [5, 5.41) is 6.81. The Balaban J connectivity index is 1.45. The number of carbonyl (C=O) groups excluding carboxylic acids is 2. The lowest BCUT2D eigenvalue weighted by molar-refractivity contribution is -0.132. The SMILES string of the molecule is O=C1N[C@]2(CCCCc3ccccc32)C(=O)N1Cc1nc(-c2ccco2)no1. The van der Waals surface area contributed by atoms with Crippen LogP contribution < -0.4 is 5.32 Å². The number of nitrogens with zero attached hydrogens (tertiary/aromatic N) is 3. The van der Waals surface area contributed by atoms with E-state index in [-0.39, 0.29) is 24.2 Å². The number of rotatable bonds is 3. The monoisotopic (exact) mass is 378 g/mol. The molecule has 1 aromatic carbocycles. The maximum atomic E-state index is 13.4. The van der Waals surface area contributed by atoms with Crippen molar-refractivity contribution in [3.63, 3.8) is 0 Å². The summed E-state index contributed by atoms with van der Waals surface area (Å²) in [4.78, 5) is 31.5. The average Bonchev–Trinajstić information content (AvgIpc) is 3.40. The Morgan fingerprint density at radius 3 is 2.89 bits per heavy atom. The predicted octanol–water partition coefficient (Wildman–Crippen LogP) is 3.00. The number of nitrogens with one attached hydrogen (secondary N) is 1. The van der Waals surface area contributed by atoms with Gasteiger partial charge in [0.2, 0.25) is 11.7 Å². The minimum atomic E-state index is -1.02. The Kier molecular flexibility index (Phi) is 3.78. The lowest BCUT2D eigenvalue weighted by Gasteiger charge is -2.27. The third-order valence-corrected chi connectivity index (χ3v) is 5.40. The van der Waals surface area contributed by atoms with Crippen LogP contribution in [0.1, 0.15) is 36.3 Å². The molecule has 1 spiro atoms. The second-order valence-corrected chi connectivity index (χ2v) is 7.08. The molecule has 5 rings (SSSR count). The molecule has 142 valence electrons. The van der Waals surface area contributed by atoms with Gasteiger partial charge in [-0.2, -0.15) is 4.98 Å². The number of carbonyl (C=O) groups is 2. The molecule has 0 bridgehead atoms. The molecule has 8 nitrogen and oxygen atoms in total. The smallest absolute Gasteiger partial charge is 0.325 e. The Bertz CT molecular complexity index is 1040. The molecule has 3 amide bonds. The molecule has 1 aliphatic heterocycles. The largest absolute Gasteiger partial charge is 0.461 e. The molecule has 1 N–H and O–H groups in total. The van der Waals surface area contributed by atoms with E-state index in [0.29, 0.717) is 12.2 Å². The highest BCUT2D eigenvalue weighted by Gasteiger charge is 2.53. The van der Waals surface area contributed by atoms with Crippen molar-refractivity contribution in [2.24, 2.45) is 0 Å². The fourth-order valence-electron chi connectivity index (χ4n) is 4.08. The van der Waals surface area contributed by atoms with Crippen molar-refractivity contribution in [2.45, 2.75) is 37.8 Å². The molecule has 1 fully saturated rings. The van der Waals surface area contributed by atoms with Crippen LogP contribution in [0.4, 0.5) is 4.79 Å². The maximum Gasteiger partial charge on any atom is 0.325 e. The molecular formula is C20H18N4O4. The third kappa shape index (κ3) is 2.52. The van der Waals surface area contributed by atoms with Gasteiger partial charge in [0.15, 0.2) is 5.76 Å². The number of urea groups is 1. The molecule has 1 saturated heterocycles. The van der Waals surface area contributed by atoms with Crippen molar-refractivity contribution in [2.75, 3.05) is 0 Å². The van der Waals surface area contributed by atoms with E-state index in [1.54, 1.807) is 12.1 Å². The Hall–Kier alpha value is -3.42. The summed E-state index contributed by atoms with van der Waals surface area (Å²) in [6, 6.07) is 10.8. The third-order valence-electron chi connectivity index (χ3n) is 5.40. The van der Waals surface area contributed by atoms with E-state index in [1.165, 1.54) is 6.26 Å². The van der Waals surface area contributed by atoms with Crippen LogP contribution in [0.5, 0.6) is 0 Å². The van der Waals surface area contributed by atoms with E-state index in [0.717, 1.165) is 35.3 Å². The van der Waals surface area contributed by atoms with Crippen molar-refractivity contribution in [3.8, 4) is 11.6 Å². The van der Waals surface area contributed by atoms with Crippen molar-refractivity contribution < 1.29 is 18.5 Å². The molecule has 0 radical (unpaired) electrons. The number of furan rings is 1. The summed E-state index contributed by atoms with van der Waals surface area (Å²) >= 11 is 0. The van der Waals surface area contributed by atoms with Crippen molar-refractivity contribution in [3.05, 3.63) is 59.7 Å². The van der Waals surface area contributed by atoms with Crippen molar-refractivity contribution >= 4 is 11.9 Å². The van der Waals surface area contributed by atoms with Crippen LogP contribution in [0.25, 0.3) is 11.6 Å². The van der Waals surface area contributed by atoms with Gasteiger partial charge in [-0.05, 0) is 48.9 Å². The number of aromatic nitrogens is 2. The normalized spacial score (nSPS) is 21.6. The van der Waals surface area contributed by atoms with Gasteiger partial charge < -0.3 is 14.3 Å². The molecule has 28 heavy (non-hydrogen) atoms. The average molecular weight is 378 g/mol. The van der Waals surface area contributed by atoms with Crippen LogP contribution >= 0.6 is 0 Å². The highest BCUT2D eigenvalue weighted by molar-refractivity contribution is 6.07. The van der Waals surface area contributed by atoms with Crippen molar-refractivity contribution in [1.29, 1.82) is 0 Å². The summed E-state index contributed by atoms with van der Waals surface area (Å²) in [7, 11) is 0. The molecule has 0 unspecified atom stereocenters. The van der Waals surface area contributed by atoms with Crippen LogP contribution in [0.3, 0.4) is 0 Å². The van der Waals surface area contributed by atoms with E-state index < -0.39 is 11.6 Å². The molecule has 1 aliphatic carbocycles. The Morgan fingerprint density at radius 1 is 1.14 bits per heavy atom. The summed E-state index contributed by atoms with van der Waals surface area (Å²) in [5.74, 6) is 0.640. The van der Waals surface area contributed by atoms with Crippen LogP contribution in [-0.4, -0.2) is 27.0 Å². The molecule has 2 aromatic heterocycles. The maximum absolute atomic E-state index is 13.4. The molecule has 2 aliphatic rings. The van der Waals surface area contributed by atoms with E-state index in [4.69, 9.17) is 8.94 Å². The number of aryl methyl sites for hydroxylation is 1. The zero-order valence-corrected chi connectivity index (χ0v) is 15.1. The first-order chi connectivity index (χ1) is 13.7. The van der Waals surface area contributed by atoms with Gasteiger partial charge in [-0.25, -0.2) is 4.79 Å². The van der Waals surface area contributed by atoms with Crippen LogP contribution in [0.2, 0.25) is 0 Å². The Labute approximate surface area is 160 Å². The van der Waals surface area contributed by atoms with Crippen molar-refractivity contribution in [1.82, 2.24) is 20.4 Å². The first kappa shape index (κ1) is 16.7. The fourth-order valence-corrected chi connectivity index (χ4v) is 4.08. The number of fused-ring (bicyclic) bond motifs is 2. The van der Waals surface area contributed by atoms with Gasteiger partial charge in [-0.3, -0.25) is 9.69 Å². The molecule has 0 saturated carbocycles. The van der Waals surface area contributed by atoms with Crippen LogP contribution in [-0.2, 0) is 23.3 Å². The van der Waals surface area contributed by atoms with Gasteiger partial charge in [-0.15, -0.1) is 0 Å². The summed E-state index contributed by atoms with van der Waals surface area (Å²) in [5.41, 5.74) is 0.970. The zero-order chi connectivity index (χ0) is 19.1. The Morgan fingerprint density at radius 2 is 2.04 bits per heavy atom. The van der Waals surface area contributed by atoms with E-state index in [2.05, 4.69) is 15.5 Å². The van der Waals surface area contributed by atoms with Crippen LogP contribution in [0, 0.1) is 0 Å². The zero-order valence-electron chi connectivity index (χ0n) is 15.1. The van der Waals surface area contributed by atoms with E-state index >= 15 is 0 Å². The van der Waals surface area contributed by atoms with Gasteiger partial charge >= 0.3 is 6.03 Å². The summed E-state index contributed by atoms with van der Waals surface area (Å²) < 4.78 is 10.5. The second-order valence-electron chi connectivity index (χ2n) is 7.08. The minimum Gasteiger partial charge on any atom is -0.461 e. The first-order valence-electron chi connectivity index (χ1n) is 9.26. The number of hydrogen-bond donors (Lipinski definition) is 1. The van der Waals surface area contributed by atoms with E-state index in [9.17, 15) is 9.59 Å². The first-order valence-corrected chi connectivity index (χ1v) is 9.26. The van der Waals surface area contributed by atoms with Crippen LogP contribution in [0.15, 0.2) is 51.6 Å². The summed E-state index contributed by atoms with van der Waals surface area (Å²) in [6.07, 6.45) is 4.83. The molecule has 1 atom stereocenters. The van der Waals surface area contributed by atoms with Gasteiger partial charge in [-0.1, -0.05) is 29.4 Å². The standard InChI is InChI=1S/C20H18N4O4/c25-18-20(10-4-3-7-13-6-1-2-8-14(13)20)22-19(26)24(18)12-16-21-17(23-28-16)15-9-5-11-27-15/h1-2,5-6,8-9,11H,3-4,7,10,12H2,(H,22,26)/t20-/m0/s1. The minimum absolute atomic E-state index is 0.0811. The number of amides is 3. The molecule has 3 heterocycles. The number of benzene rings is 1. The van der Waals surface area contributed by atoms with Gasteiger partial charge in [0.05, 0.1) is 6.26 Å². The highest BCUT2D eigenvalue weighted by Crippen LogP contribution is 2.39. The highest BCUT2D eigenvalue weighted by atomic mass is 16.5. The fraction of sp³-hybridized carbons (Fsp3) is 0.300. The lowest BCUT2D eigenvalue weighted by Crippen LogP contribution is -2.44. The number of hydrogen-bond acceptors (Lipinski definition) is 6. The molecule has 8 heteroatoms. The molecular weight excluding hydrogens is 360 g/mol. The quantitative estimate of drug-likeness (QED) is 0.703.